The second-order valence-electron chi connectivity index (χ2n) is 9.07. The number of nitrogens with zero attached hydrogens (tertiary/aromatic N) is 2. The van der Waals surface area contributed by atoms with Gasteiger partial charge in [-0.1, -0.05) is 35.3 Å². The molecule has 2 aromatic heterocycles. The van der Waals surface area contributed by atoms with Crippen LogP contribution in [0.5, 0.6) is 17.2 Å². The minimum absolute atomic E-state index is 0.252. The van der Waals surface area contributed by atoms with Crippen LogP contribution in [-0.4, -0.2) is 17.2 Å². The van der Waals surface area contributed by atoms with Crippen molar-refractivity contribution in [2.24, 2.45) is 0 Å². The topological polar surface area (TPSA) is 59.8 Å². The summed E-state index contributed by atoms with van der Waals surface area (Å²) in [7, 11) is 1.63. The molecule has 1 N–H and O–H groups in total. The first-order chi connectivity index (χ1) is 19.5. The van der Waals surface area contributed by atoms with Crippen molar-refractivity contribution in [2.45, 2.75) is 12.1 Å². The smallest absolute Gasteiger partial charge is 0.174 e. The van der Waals surface area contributed by atoms with Crippen LogP contribution in [0.4, 0.5) is 5.69 Å². The molecule has 0 bridgehead atoms. The molecular formula is C31H23Cl2N3O3S. The second kappa shape index (κ2) is 11.2. The van der Waals surface area contributed by atoms with E-state index in [1.165, 1.54) is 0 Å². The third-order valence-corrected chi connectivity index (χ3v) is 7.78. The van der Waals surface area contributed by atoms with Crippen LogP contribution >= 0.6 is 35.4 Å². The zero-order valence-electron chi connectivity index (χ0n) is 21.3. The van der Waals surface area contributed by atoms with Crippen LogP contribution in [0.3, 0.4) is 0 Å². The highest BCUT2D eigenvalue weighted by Gasteiger charge is 2.42. The van der Waals surface area contributed by atoms with Gasteiger partial charge in [0.1, 0.15) is 34.8 Å². The molecule has 0 radical (unpaired) electrons. The first kappa shape index (κ1) is 26.2. The van der Waals surface area contributed by atoms with E-state index in [-0.39, 0.29) is 12.1 Å². The summed E-state index contributed by atoms with van der Waals surface area (Å²) in [6.45, 7) is 0. The van der Waals surface area contributed by atoms with Crippen LogP contribution in [0.15, 0.2) is 108 Å². The molecule has 0 spiro atoms. The molecule has 2 atom stereocenters. The molecule has 40 heavy (non-hydrogen) atoms. The van der Waals surface area contributed by atoms with Gasteiger partial charge in [0.2, 0.25) is 0 Å². The number of methoxy groups -OCH3 is 1. The van der Waals surface area contributed by atoms with Gasteiger partial charge < -0.3 is 24.1 Å². The Morgan fingerprint density at radius 2 is 1.57 bits per heavy atom. The van der Waals surface area contributed by atoms with Crippen LogP contribution in [0.1, 0.15) is 23.5 Å². The Kier molecular flexibility index (Phi) is 7.34. The van der Waals surface area contributed by atoms with Gasteiger partial charge >= 0.3 is 0 Å². The Hall–Kier alpha value is -4.04. The molecular weight excluding hydrogens is 565 g/mol. The molecule has 1 saturated heterocycles. The van der Waals surface area contributed by atoms with Crippen LogP contribution < -0.4 is 19.7 Å². The van der Waals surface area contributed by atoms with Gasteiger partial charge in [-0.3, -0.25) is 4.98 Å². The molecule has 3 heterocycles. The third kappa shape index (κ3) is 5.11. The number of nitrogens with one attached hydrogen (secondary N) is 1. The number of aromatic nitrogens is 1. The van der Waals surface area contributed by atoms with Crippen molar-refractivity contribution in [1.82, 2.24) is 10.3 Å². The van der Waals surface area contributed by atoms with E-state index in [1.54, 1.807) is 19.4 Å². The van der Waals surface area contributed by atoms with E-state index < -0.39 is 0 Å². The van der Waals surface area contributed by atoms with Gasteiger partial charge in [0.05, 0.1) is 28.9 Å². The highest BCUT2D eigenvalue weighted by Crippen LogP contribution is 2.44. The third-order valence-electron chi connectivity index (χ3n) is 6.64. The number of ether oxygens (including phenoxy) is 2. The predicted octanol–water partition coefficient (Wildman–Crippen LogP) is 8.63. The van der Waals surface area contributed by atoms with Crippen molar-refractivity contribution in [1.29, 1.82) is 0 Å². The standard InChI is InChI=1S/C31H23Cl2N3O3S/c1-37-20-12-14-22(15-13-20)38-21-10-8-19(9-11-21)36-30(29(35-31(36)40)25-7-2-3-18-34-25)27-17-16-26(39-27)23-5-4-6-24(32)28(23)33/h2-18,29-30H,1H3,(H,35,40)/t29-,30-/m1/s1. The SMILES string of the molecule is COc1ccc(Oc2ccc(N3C(=S)N[C@H](c4ccccn4)[C@H]3c3ccc(-c4cccc(Cl)c4Cl)o3)cc2)cc1. The Morgan fingerprint density at radius 1 is 0.850 bits per heavy atom. The number of furan rings is 1. The summed E-state index contributed by atoms with van der Waals surface area (Å²) < 4.78 is 17.7. The molecule has 9 heteroatoms. The maximum Gasteiger partial charge on any atom is 0.174 e. The Labute approximate surface area is 247 Å². The lowest BCUT2D eigenvalue weighted by Gasteiger charge is -2.26. The van der Waals surface area contributed by atoms with Gasteiger partial charge in [0.25, 0.3) is 0 Å². The van der Waals surface area contributed by atoms with E-state index in [2.05, 4.69) is 10.3 Å². The van der Waals surface area contributed by atoms with Crippen molar-refractivity contribution in [3.8, 4) is 28.6 Å². The molecule has 1 fully saturated rings. The number of thiocarbonyl (C=S) groups is 1. The first-order valence-electron chi connectivity index (χ1n) is 12.5. The van der Waals surface area contributed by atoms with E-state index in [9.17, 15) is 0 Å². The molecule has 3 aromatic carbocycles. The molecule has 5 aromatic rings. The number of benzene rings is 3. The van der Waals surface area contributed by atoms with Crippen LogP contribution in [-0.2, 0) is 0 Å². The van der Waals surface area contributed by atoms with Crippen molar-refractivity contribution >= 4 is 46.2 Å². The molecule has 200 valence electrons. The number of rotatable bonds is 7. The first-order valence-corrected chi connectivity index (χ1v) is 13.6. The van der Waals surface area contributed by atoms with E-state index in [1.807, 2.05) is 95.9 Å². The van der Waals surface area contributed by atoms with E-state index in [4.69, 9.17) is 49.3 Å². The van der Waals surface area contributed by atoms with Crippen molar-refractivity contribution in [3.63, 3.8) is 0 Å². The Bertz CT molecular complexity index is 1640. The quantitative estimate of drug-likeness (QED) is 0.191. The average Bonchev–Trinajstić information content (AvgIpc) is 3.60. The number of hydrogen-bond donors (Lipinski definition) is 1. The molecule has 0 unspecified atom stereocenters. The summed E-state index contributed by atoms with van der Waals surface area (Å²) in [6.07, 6.45) is 1.77. The summed E-state index contributed by atoms with van der Waals surface area (Å²) in [6, 6.07) is 29.7. The predicted molar refractivity (Wildman–Crippen MR) is 162 cm³/mol. The molecule has 0 saturated carbocycles. The Morgan fingerprint density at radius 3 is 2.27 bits per heavy atom. The van der Waals surface area contributed by atoms with E-state index in [0.29, 0.717) is 38.2 Å². The van der Waals surface area contributed by atoms with E-state index in [0.717, 1.165) is 22.7 Å². The molecule has 0 aliphatic carbocycles. The molecule has 1 aliphatic rings. The maximum absolute atomic E-state index is 6.49. The van der Waals surface area contributed by atoms with Crippen molar-refractivity contribution in [2.75, 3.05) is 12.0 Å². The zero-order valence-corrected chi connectivity index (χ0v) is 23.6. The van der Waals surface area contributed by atoms with Gasteiger partial charge in [-0.05, 0) is 97.1 Å². The average molecular weight is 589 g/mol. The van der Waals surface area contributed by atoms with Gasteiger partial charge in [0.15, 0.2) is 5.11 Å². The fourth-order valence-electron chi connectivity index (χ4n) is 4.73. The Balaban J connectivity index is 1.34. The van der Waals surface area contributed by atoms with Gasteiger partial charge in [-0.25, -0.2) is 0 Å². The number of anilines is 1. The molecule has 1 aliphatic heterocycles. The molecule has 6 rings (SSSR count). The lowest BCUT2D eigenvalue weighted by Crippen LogP contribution is -2.29. The highest BCUT2D eigenvalue weighted by atomic mass is 35.5. The monoisotopic (exact) mass is 587 g/mol. The number of halogens is 2. The number of pyridine rings is 1. The normalized spacial score (nSPS) is 16.6. The highest BCUT2D eigenvalue weighted by molar-refractivity contribution is 7.80. The van der Waals surface area contributed by atoms with Gasteiger partial charge in [-0.2, -0.15) is 0 Å². The molecule has 0 amide bonds. The van der Waals surface area contributed by atoms with E-state index >= 15 is 0 Å². The van der Waals surface area contributed by atoms with Crippen molar-refractivity contribution in [3.05, 3.63) is 125 Å². The van der Waals surface area contributed by atoms with Gasteiger partial charge in [0, 0.05) is 17.4 Å². The second-order valence-corrected chi connectivity index (χ2v) is 10.2. The minimum Gasteiger partial charge on any atom is -0.497 e. The lowest BCUT2D eigenvalue weighted by atomic mass is 10.0. The fraction of sp³-hybridized carbons (Fsp3) is 0.0968. The fourth-order valence-corrected chi connectivity index (χ4v) is 5.47. The lowest BCUT2D eigenvalue weighted by molar-refractivity contribution is 0.413. The summed E-state index contributed by atoms with van der Waals surface area (Å²) in [5.74, 6) is 3.49. The van der Waals surface area contributed by atoms with Crippen LogP contribution in [0.25, 0.3) is 11.3 Å². The summed E-state index contributed by atoms with van der Waals surface area (Å²) in [5.41, 5.74) is 2.44. The summed E-state index contributed by atoms with van der Waals surface area (Å²) in [5, 5.41) is 4.91. The van der Waals surface area contributed by atoms with Crippen molar-refractivity contribution < 1.29 is 13.9 Å². The number of hydrogen-bond acceptors (Lipinski definition) is 5. The zero-order chi connectivity index (χ0) is 27.6. The molecule has 6 nitrogen and oxygen atoms in total. The van der Waals surface area contributed by atoms with Crippen LogP contribution in [0.2, 0.25) is 10.0 Å². The minimum atomic E-state index is -0.317. The summed E-state index contributed by atoms with van der Waals surface area (Å²) in [4.78, 5) is 6.64. The van der Waals surface area contributed by atoms with Gasteiger partial charge in [-0.15, -0.1) is 0 Å². The van der Waals surface area contributed by atoms with Crippen LogP contribution in [0, 0.1) is 0 Å². The largest absolute Gasteiger partial charge is 0.497 e. The summed E-state index contributed by atoms with van der Waals surface area (Å²) >= 11 is 18.6. The maximum atomic E-state index is 6.49.